The minimum absolute atomic E-state index is 0.0663. The summed E-state index contributed by atoms with van der Waals surface area (Å²) in [5, 5.41) is 16.4. The predicted molar refractivity (Wildman–Crippen MR) is 85.7 cm³/mol. The first kappa shape index (κ1) is 14.6. The van der Waals surface area contributed by atoms with Gasteiger partial charge in [-0.05, 0) is 43.0 Å². The Bertz CT molecular complexity index is 765. The number of hydrogen-bond acceptors (Lipinski definition) is 4. The number of nitrogens with one attached hydrogen (secondary N) is 2. The molecule has 1 aromatic carbocycles. The van der Waals surface area contributed by atoms with Crippen molar-refractivity contribution in [2.45, 2.75) is 12.8 Å². The fourth-order valence-corrected chi connectivity index (χ4v) is 2.37. The molecule has 0 saturated heterocycles. The molecule has 1 heterocycles. The van der Waals surface area contributed by atoms with Gasteiger partial charge in [0.2, 0.25) is 5.91 Å². The third kappa shape index (κ3) is 3.46. The lowest BCUT2D eigenvalue weighted by Crippen LogP contribution is -2.31. The summed E-state index contributed by atoms with van der Waals surface area (Å²) in [5.74, 6) is 1.09. The van der Waals surface area contributed by atoms with E-state index in [0.717, 1.165) is 6.54 Å². The largest absolute Gasteiger partial charge is 0.361 e. The number of anilines is 1. The fraction of sp³-hybridized carbons (Fsp3) is 0.312. The Balaban J connectivity index is 1.72. The maximum atomic E-state index is 11.7. The molecule has 1 aliphatic rings. The number of nitrogens with zero attached hydrogens (tertiary/aromatic N) is 2. The zero-order valence-corrected chi connectivity index (χ0v) is 12.7. The Kier molecular flexibility index (Phi) is 4.12. The highest BCUT2D eigenvalue weighted by Gasteiger charge is 2.21. The highest BCUT2D eigenvalue weighted by atomic mass is 35.5. The summed E-state index contributed by atoms with van der Waals surface area (Å²) in [6, 6.07) is 8.97. The molecule has 1 aromatic heterocycles. The summed E-state index contributed by atoms with van der Waals surface area (Å²) in [5.41, 5.74) is 1.15. The van der Waals surface area contributed by atoms with Gasteiger partial charge in [-0.2, -0.15) is 5.26 Å². The van der Waals surface area contributed by atoms with Gasteiger partial charge in [0.05, 0.1) is 23.7 Å². The number of aromatic nitrogens is 1. The fourth-order valence-electron chi connectivity index (χ4n) is 2.19. The molecule has 1 saturated carbocycles. The molecular weight excluding hydrogens is 300 g/mol. The average Bonchev–Trinajstić information content (AvgIpc) is 3.34. The average molecular weight is 315 g/mol. The molecule has 3 rings (SSSR count). The molecule has 0 unspecified atom stereocenters. The summed E-state index contributed by atoms with van der Waals surface area (Å²) in [6.45, 7) is 0.886. The van der Waals surface area contributed by atoms with Crippen LogP contribution >= 0.6 is 11.6 Å². The van der Waals surface area contributed by atoms with Gasteiger partial charge in [0.1, 0.15) is 5.82 Å². The summed E-state index contributed by atoms with van der Waals surface area (Å²) < 4.78 is 0. The van der Waals surface area contributed by atoms with Crippen LogP contribution in [0.3, 0.4) is 0 Å². The summed E-state index contributed by atoms with van der Waals surface area (Å²) >= 11 is 5.95. The van der Waals surface area contributed by atoms with Crippen LogP contribution in [0, 0.1) is 17.2 Å². The maximum Gasteiger partial charge on any atom is 0.239 e. The molecule has 0 bridgehead atoms. The molecule has 1 fully saturated rings. The SMILES string of the molecule is N#Cc1cc(NCC(=O)NCC2CC2)nc2ccc(Cl)cc12. The monoisotopic (exact) mass is 314 g/mol. The topological polar surface area (TPSA) is 77.8 Å². The van der Waals surface area contributed by atoms with E-state index in [1.165, 1.54) is 12.8 Å². The third-order valence-electron chi connectivity index (χ3n) is 3.61. The van der Waals surface area contributed by atoms with E-state index in [2.05, 4.69) is 21.7 Å². The van der Waals surface area contributed by atoms with Crippen molar-refractivity contribution < 1.29 is 4.79 Å². The molecule has 5 nitrogen and oxygen atoms in total. The number of pyridine rings is 1. The third-order valence-corrected chi connectivity index (χ3v) is 3.84. The Morgan fingerprint density at radius 1 is 1.41 bits per heavy atom. The van der Waals surface area contributed by atoms with Gasteiger partial charge in [0, 0.05) is 17.0 Å². The van der Waals surface area contributed by atoms with Crippen LogP contribution in [0.15, 0.2) is 24.3 Å². The van der Waals surface area contributed by atoms with Crippen molar-refractivity contribution in [2.24, 2.45) is 5.92 Å². The van der Waals surface area contributed by atoms with E-state index in [0.29, 0.717) is 33.2 Å². The van der Waals surface area contributed by atoms with E-state index in [1.807, 2.05) is 0 Å². The Morgan fingerprint density at radius 2 is 2.23 bits per heavy atom. The Hall–Kier alpha value is -2.32. The van der Waals surface area contributed by atoms with Gasteiger partial charge in [0.25, 0.3) is 0 Å². The van der Waals surface area contributed by atoms with Crippen molar-refractivity contribution in [3.63, 3.8) is 0 Å². The predicted octanol–water partition coefficient (Wildman–Crippen LogP) is 2.70. The molecule has 1 aliphatic carbocycles. The molecule has 0 aliphatic heterocycles. The number of halogens is 1. The quantitative estimate of drug-likeness (QED) is 0.889. The highest BCUT2D eigenvalue weighted by Crippen LogP contribution is 2.27. The van der Waals surface area contributed by atoms with Crippen molar-refractivity contribution in [1.29, 1.82) is 5.26 Å². The summed E-state index contributed by atoms with van der Waals surface area (Å²) in [7, 11) is 0. The molecular formula is C16H15ClN4O. The molecule has 1 amide bonds. The zero-order valence-electron chi connectivity index (χ0n) is 11.9. The van der Waals surface area contributed by atoms with Gasteiger partial charge in [-0.15, -0.1) is 0 Å². The number of nitriles is 1. The van der Waals surface area contributed by atoms with Crippen molar-refractivity contribution in [2.75, 3.05) is 18.4 Å². The van der Waals surface area contributed by atoms with Gasteiger partial charge in [0.15, 0.2) is 0 Å². The second-order valence-corrected chi connectivity index (χ2v) is 5.87. The molecule has 6 heteroatoms. The van der Waals surface area contributed by atoms with E-state index >= 15 is 0 Å². The number of fused-ring (bicyclic) bond motifs is 1. The highest BCUT2D eigenvalue weighted by molar-refractivity contribution is 6.31. The minimum atomic E-state index is -0.0663. The number of carbonyl (C=O) groups is 1. The lowest BCUT2D eigenvalue weighted by Gasteiger charge is -2.09. The first-order valence-corrected chi connectivity index (χ1v) is 7.54. The standard InChI is InChI=1S/C16H15ClN4O/c17-12-3-4-14-13(6-12)11(7-18)5-15(21-14)19-9-16(22)20-8-10-1-2-10/h3-6,10H,1-2,8-9H2,(H,19,21)(H,20,22). The normalized spacial score (nSPS) is 13.6. The van der Waals surface area contributed by atoms with E-state index in [4.69, 9.17) is 11.6 Å². The molecule has 0 radical (unpaired) electrons. The van der Waals surface area contributed by atoms with Crippen LogP contribution in [0.25, 0.3) is 10.9 Å². The van der Waals surface area contributed by atoms with Crippen LogP contribution in [-0.2, 0) is 4.79 Å². The van der Waals surface area contributed by atoms with Crippen molar-refractivity contribution in [3.8, 4) is 6.07 Å². The lowest BCUT2D eigenvalue weighted by molar-refractivity contribution is -0.119. The smallest absolute Gasteiger partial charge is 0.239 e. The molecule has 2 aromatic rings. The van der Waals surface area contributed by atoms with E-state index in [1.54, 1.807) is 24.3 Å². The molecule has 112 valence electrons. The van der Waals surface area contributed by atoms with Crippen LogP contribution < -0.4 is 10.6 Å². The van der Waals surface area contributed by atoms with Crippen molar-refractivity contribution in [1.82, 2.24) is 10.3 Å². The first-order valence-electron chi connectivity index (χ1n) is 7.16. The number of amides is 1. The van der Waals surface area contributed by atoms with E-state index < -0.39 is 0 Å². The van der Waals surface area contributed by atoms with Gasteiger partial charge in [-0.1, -0.05) is 11.6 Å². The minimum Gasteiger partial charge on any atom is -0.361 e. The van der Waals surface area contributed by atoms with Gasteiger partial charge < -0.3 is 10.6 Å². The van der Waals surface area contributed by atoms with Crippen LogP contribution in [0.2, 0.25) is 5.02 Å². The van der Waals surface area contributed by atoms with Crippen LogP contribution in [0.4, 0.5) is 5.82 Å². The second kappa shape index (κ2) is 6.20. The summed E-state index contributed by atoms with van der Waals surface area (Å²) in [6.07, 6.45) is 2.40. The van der Waals surface area contributed by atoms with E-state index in [9.17, 15) is 10.1 Å². The van der Waals surface area contributed by atoms with Crippen LogP contribution in [0.1, 0.15) is 18.4 Å². The molecule has 22 heavy (non-hydrogen) atoms. The molecule has 0 spiro atoms. The number of hydrogen-bond donors (Lipinski definition) is 2. The van der Waals surface area contributed by atoms with Crippen molar-refractivity contribution in [3.05, 3.63) is 34.9 Å². The Labute approximate surface area is 133 Å². The number of rotatable bonds is 5. The first-order chi connectivity index (χ1) is 10.7. The Morgan fingerprint density at radius 3 is 2.95 bits per heavy atom. The lowest BCUT2D eigenvalue weighted by atomic mass is 10.1. The molecule has 0 atom stereocenters. The van der Waals surface area contributed by atoms with Crippen LogP contribution in [0.5, 0.6) is 0 Å². The van der Waals surface area contributed by atoms with E-state index in [-0.39, 0.29) is 12.5 Å². The number of benzene rings is 1. The number of carbonyl (C=O) groups excluding carboxylic acids is 1. The van der Waals surface area contributed by atoms with Crippen LogP contribution in [-0.4, -0.2) is 24.0 Å². The zero-order chi connectivity index (χ0) is 15.5. The van der Waals surface area contributed by atoms with Gasteiger partial charge in [-0.3, -0.25) is 4.79 Å². The van der Waals surface area contributed by atoms with Crippen molar-refractivity contribution >= 4 is 34.2 Å². The summed E-state index contributed by atoms with van der Waals surface area (Å²) in [4.78, 5) is 16.1. The second-order valence-electron chi connectivity index (χ2n) is 5.43. The van der Waals surface area contributed by atoms with Gasteiger partial charge >= 0.3 is 0 Å². The molecule has 2 N–H and O–H groups in total. The van der Waals surface area contributed by atoms with Gasteiger partial charge in [-0.25, -0.2) is 4.98 Å². The maximum absolute atomic E-state index is 11.7.